The van der Waals surface area contributed by atoms with E-state index in [4.69, 9.17) is 11.6 Å². The number of benzene rings is 1. The SMILES string of the molecule is O=[N+]([O-])c1ccc(Cl)c(CNC(C2CC2)C2CC2)c1. The second-order valence-electron chi connectivity index (χ2n) is 5.61. The van der Waals surface area contributed by atoms with E-state index in [0.717, 1.165) is 17.4 Å². The quantitative estimate of drug-likeness (QED) is 0.641. The fourth-order valence-corrected chi connectivity index (χ4v) is 2.85. The third-order valence-electron chi connectivity index (χ3n) is 4.03. The van der Waals surface area contributed by atoms with Crippen molar-refractivity contribution < 1.29 is 4.92 Å². The van der Waals surface area contributed by atoms with Gasteiger partial charge in [0.2, 0.25) is 0 Å². The number of nitrogens with zero attached hydrogens (tertiary/aromatic N) is 1. The summed E-state index contributed by atoms with van der Waals surface area (Å²) in [5, 5.41) is 14.9. The van der Waals surface area contributed by atoms with Crippen molar-refractivity contribution in [2.24, 2.45) is 11.8 Å². The number of rotatable bonds is 6. The first-order valence-electron chi connectivity index (χ1n) is 6.81. The Balaban J connectivity index is 1.68. The molecule has 0 spiro atoms. The van der Waals surface area contributed by atoms with Gasteiger partial charge in [-0.15, -0.1) is 0 Å². The minimum absolute atomic E-state index is 0.107. The van der Waals surface area contributed by atoms with Crippen LogP contribution in [0.15, 0.2) is 18.2 Å². The molecule has 5 heteroatoms. The van der Waals surface area contributed by atoms with E-state index in [9.17, 15) is 10.1 Å². The van der Waals surface area contributed by atoms with Gasteiger partial charge in [-0.1, -0.05) is 11.6 Å². The number of nitro groups is 1. The summed E-state index contributed by atoms with van der Waals surface area (Å²) >= 11 is 6.11. The van der Waals surface area contributed by atoms with Gasteiger partial charge >= 0.3 is 0 Å². The summed E-state index contributed by atoms with van der Waals surface area (Å²) in [6.45, 7) is 0.623. The van der Waals surface area contributed by atoms with E-state index in [1.165, 1.54) is 31.7 Å². The highest BCUT2D eigenvalue weighted by Crippen LogP contribution is 2.44. The Morgan fingerprint density at radius 3 is 2.47 bits per heavy atom. The zero-order valence-corrected chi connectivity index (χ0v) is 11.4. The third-order valence-corrected chi connectivity index (χ3v) is 4.40. The first kappa shape index (κ1) is 12.9. The Morgan fingerprint density at radius 1 is 1.32 bits per heavy atom. The second-order valence-corrected chi connectivity index (χ2v) is 6.02. The van der Waals surface area contributed by atoms with Gasteiger partial charge in [0.1, 0.15) is 0 Å². The summed E-state index contributed by atoms with van der Waals surface area (Å²) in [5.74, 6) is 1.62. The number of hydrogen-bond donors (Lipinski definition) is 1. The molecule has 0 aliphatic heterocycles. The molecule has 2 saturated carbocycles. The van der Waals surface area contributed by atoms with Crippen molar-refractivity contribution in [3.05, 3.63) is 38.9 Å². The zero-order chi connectivity index (χ0) is 13.4. The molecule has 19 heavy (non-hydrogen) atoms. The van der Waals surface area contributed by atoms with Crippen LogP contribution in [0.5, 0.6) is 0 Å². The van der Waals surface area contributed by atoms with Crippen LogP contribution in [-0.4, -0.2) is 11.0 Å². The van der Waals surface area contributed by atoms with Gasteiger partial charge in [-0.2, -0.15) is 0 Å². The number of non-ortho nitro benzene ring substituents is 1. The fraction of sp³-hybridized carbons (Fsp3) is 0.571. The molecular weight excluding hydrogens is 264 g/mol. The van der Waals surface area contributed by atoms with Gasteiger partial charge in [-0.25, -0.2) is 0 Å². The van der Waals surface area contributed by atoms with E-state index in [1.807, 2.05) is 0 Å². The lowest BCUT2D eigenvalue weighted by atomic mass is 10.1. The van der Waals surface area contributed by atoms with Gasteiger partial charge in [0.15, 0.2) is 0 Å². The van der Waals surface area contributed by atoms with E-state index in [1.54, 1.807) is 12.1 Å². The molecule has 0 bridgehead atoms. The smallest absolute Gasteiger partial charge is 0.269 e. The third kappa shape index (κ3) is 3.07. The van der Waals surface area contributed by atoms with Crippen LogP contribution in [0, 0.1) is 22.0 Å². The minimum atomic E-state index is -0.376. The Morgan fingerprint density at radius 2 is 1.95 bits per heavy atom. The number of halogens is 1. The van der Waals surface area contributed by atoms with Gasteiger partial charge in [0.25, 0.3) is 5.69 Å². The summed E-state index contributed by atoms with van der Waals surface area (Å²) in [4.78, 5) is 10.4. The van der Waals surface area contributed by atoms with Crippen LogP contribution in [0.2, 0.25) is 5.02 Å². The molecular formula is C14H17ClN2O2. The largest absolute Gasteiger partial charge is 0.309 e. The molecule has 2 aliphatic rings. The maximum atomic E-state index is 10.8. The topological polar surface area (TPSA) is 55.2 Å². The van der Waals surface area contributed by atoms with Crippen LogP contribution < -0.4 is 5.32 Å². The highest BCUT2D eigenvalue weighted by molar-refractivity contribution is 6.31. The lowest BCUT2D eigenvalue weighted by Crippen LogP contribution is -2.32. The Kier molecular flexibility index (Phi) is 3.46. The molecule has 0 aromatic heterocycles. The van der Waals surface area contributed by atoms with Crippen molar-refractivity contribution in [1.29, 1.82) is 0 Å². The van der Waals surface area contributed by atoms with Crippen molar-refractivity contribution in [2.45, 2.75) is 38.3 Å². The maximum absolute atomic E-state index is 10.8. The van der Waals surface area contributed by atoms with E-state index in [-0.39, 0.29) is 10.6 Å². The molecule has 0 heterocycles. The van der Waals surface area contributed by atoms with Crippen LogP contribution in [0.25, 0.3) is 0 Å². The zero-order valence-electron chi connectivity index (χ0n) is 10.6. The van der Waals surface area contributed by atoms with E-state index in [2.05, 4.69) is 5.32 Å². The van der Waals surface area contributed by atoms with Crippen molar-refractivity contribution >= 4 is 17.3 Å². The molecule has 0 unspecified atom stereocenters. The Bertz CT molecular complexity index is 486. The lowest BCUT2D eigenvalue weighted by molar-refractivity contribution is -0.384. The maximum Gasteiger partial charge on any atom is 0.269 e. The first-order chi connectivity index (χ1) is 9.15. The van der Waals surface area contributed by atoms with Crippen LogP contribution in [0.1, 0.15) is 31.2 Å². The highest BCUT2D eigenvalue weighted by Gasteiger charge is 2.41. The average Bonchev–Trinajstić information content (AvgIpc) is 3.25. The van der Waals surface area contributed by atoms with E-state index in [0.29, 0.717) is 17.6 Å². The van der Waals surface area contributed by atoms with Gasteiger partial charge < -0.3 is 5.32 Å². The Hall–Kier alpha value is -1.13. The molecule has 1 aromatic carbocycles. The molecule has 0 amide bonds. The monoisotopic (exact) mass is 280 g/mol. The van der Waals surface area contributed by atoms with Gasteiger partial charge in [0, 0.05) is 29.7 Å². The molecule has 2 fully saturated rings. The standard InChI is InChI=1S/C14H17ClN2O2/c15-13-6-5-12(17(18)19)7-11(13)8-16-14(9-1-2-9)10-3-4-10/h5-7,9-10,14,16H,1-4,8H2. The van der Waals surface area contributed by atoms with Crippen LogP contribution >= 0.6 is 11.6 Å². The van der Waals surface area contributed by atoms with Crippen LogP contribution in [0.4, 0.5) is 5.69 Å². The molecule has 3 rings (SSSR count). The summed E-state index contributed by atoms with van der Waals surface area (Å²) < 4.78 is 0. The normalized spacial score (nSPS) is 18.8. The summed E-state index contributed by atoms with van der Waals surface area (Å²) in [6.07, 6.45) is 5.27. The van der Waals surface area contributed by atoms with Crippen molar-refractivity contribution in [3.8, 4) is 0 Å². The van der Waals surface area contributed by atoms with E-state index < -0.39 is 0 Å². The van der Waals surface area contributed by atoms with Gasteiger partial charge in [-0.3, -0.25) is 10.1 Å². The molecule has 0 radical (unpaired) electrons. The summed E-state index contributed by atoms with van der Waals surface area (Å²) in [6, 6.07) is 5.22. The van der Waals surface area contributed by atoms with Crippen molar-refractivity contribution in [3.63, 3.8) is 0 Å². The highest BCUT2D eigenvalue weighted by atomic mass is 35.5. The Labute approximate surface area is 117 Å². The summed E-state index contributed by atoms with van der Waals surface area (Å²) in [5.41, 5.74) is 0.928. The lowest BCUT2D eigenvalue weighted by Gasteiger charge is -2.18. The predicted octanol–water partition coefficient (Wildman–Crippen LogP) is 3.53. The number of hydrogen-bond acceptors (Lipinski definition) is 3. The summed E-state index contributed by atoms with van der Waals surface area (Å²) in [7, 11) is 0. The van der Waals surface area contributed by atoms with Crippen LogP contribution in [0.3, 0.4) is 0 Å². The van der Waals surface area contributed by atoms with Crippen molar-refractivity contribution in [1.82, 2.24) is 5.32 Å². The minimum Gasteiger partial charge on any atom is -0.309 e. The molecule has 4 nitrogen and oxygen atoms in total. The van der Waals surface area contributed by atoms with Crippen LogP contribution in [-0.2, 0) is 6.54 Å². The molecule has 0 saturated heterocycles. The predicted molar refractivity (Wildman–Crippen MR) is 74.2 cm³/mol. The average molecular weight is 281 g/mol. The fourth-order valence-electron chi connectivity index (χ4n) is 2.67. The number of nitro benzene ring substituents is 1. The van der Waals surface area contributed by atoms with Gasteiger partial charge in [-0.05, 0) is 49.1 Å². The molecule has 0 atom stereocenters. The molecule has 1 aromatic rings. The first-order valence-corrected chi connectivity index (χ1v) is 7.19. The second kappa shape index (κ2) is 5.10. The van der Waals surface area contributed by atoms with Gasteiger partial charge in [0.05, 0.1) is 4.92 Å². The van der Waals surface area contributed by atoms with Crippen molar-refractivity contribution in [2.75, 3.05) is 0 Å². The molecule has 1 N–H and O–H groups in total. The van der Waals surface area contributed by atoms with E-state index >= 15 is 0 Å². The molecule has 2 aliphatic carbocycles. The molecule has 102 valence electrons. The number of nitrogens with one attached hydrogen (secondary N) is 1.